The summed E-state index contributed by atoms with van der Waals surface area (Å²) in [6.45, 7) is 7.42. The van der Waals surface area contributed by atoms with Gasteiger partial charge in [0.25, 0.3) is 5.91 Å². The van der Waals surface area contributed by atoms with Gasteiger partial charge in [-0.2, -0.15) is 0 Å². The quantitative estimate of drug-likeness (QED) is 0.714. The number of nitrogens with one attached hydrogen (secondary N) is 1. The van der Waals surface area contributed by atoms with Gasteiger partial charge in [0.05, 0.1) is 4.90 Å². The van der Waals surface area contributed by atoms with Crippen molar-refractivity contribution in [2.75, 3.05) is 13.1 Å². The number of likely N-dealkylation sites (tertiary alicyclic amines) is 1. The van der Waals surface area contributed by atoms with Crippen LogP contribution >= 0.6 is 0 Å². The van der Waals surface area contributed by atoms with Crippen LogP contribution in [-0.4, -0.2) is 38.1 Å². The van der Waals surface area contributed by atoms with Gasteiger partial charge in [-0.05, 0) is 55.0 Å². The maximum absolute atomic E-state index is 12.8. The van der Waals surface area contributed by atoms with E-state index in [2.05, 4.69) is 18.6 Å². The maximum Gasteiger partial charge on any atom is 0.253 e. The molecule has 30 heavy (non-hydrogen) atoms. The minimum absolute atomic E-state index is 0.0195. The summed E-state index contributed by atoms with van der Waals surface area (Å²) >= 11 is 0. The number of benzene rings is 2. The van der Waals surface area contributed by atoms with Crippen molar-refractivity contribution in [1.82, 2.24) is 9.62 Å². The van der Waals surface area contributed by atoms with Gasteiger partial charge in [0.15, 0.2) is 5.78 Å². The van der Waals surface area contributed by atoms with Crippen LogP contribution in [0.15, 0.2) is 53.4 Å². The second-order valence-corrected chi connectivity index (χ2v) is 10.0. The minimum atomic E-state index is -3.69. The third-order valence-corrected chi connectivity index (χ3v) is 6.81. The average Bonchev–Trinajstić information content (AvgIpc) is 2.71. The Morgan fingerprint density at radius 2 is 1.47 bits per heavy atom. The first-order valence-corrected chi connectivity index (χ1v) is 11.6. The predicted octanol–water partition coefficient (Wildman–Crippen LogP) is 3.49. The molecule has 1 aliphatic rings. The van der Waals surface area contributed by atoms with E-state index in [1.807, 2.05) is 4.90 Å². The van der Waals surface area contributed by atoms with Gasteiger partial charge < -0.3 is 4.90 Å². The Balaban J connectivity index is 1.62. The lowest BCUT2D eigenvalue weighted by Crippen LogP contribution is -2.42. The fourth-order valence-corrected chi connectivity index (χ4v) is 4.92. The van der Waals surface area contributed by atoms with Gasteiger partial charge in [0.2, 0.25) is 10.0 Å². The van der Waals surface area contributed by atoms with Crippen molar-refractivity contribution in [3.05, 3.63) is 65.2 Å². The maximum atomic E-state index is 12.8. The number of hydrogen-bond acceptors (Lipinski definition) is 4. The zero-order chi connectivity index (χ0) is 21.9. The zero-order valence-electron chi connectivity index (χ0n) is 17.6. The summed E-state index contributed by atoms with van der Waals surface area (Å²) < 4.78 is 27.5. The number of rotatable bonds is 6. The highest BCUT2D eigenvalue weighted by Crippen LogP contribution is 2.22. The summed E-state index contributed by atoms with van der Waals surface area (Å²) in [5.41, 5.74) is 1.84. The molecule has 0 aromatic heterocycles. The molecule has 160 valence electrons. The van der Waals surface area contributed by atoms with Gasteiger partial charge in [-0.3, -0.25) is 9.59 Å². The van der Waals surface area contributed by atoms with Gasteiger partial charge in [-0.25, -0.2) is 13.1 Å². The van der Waals surface area contributed by atoms with Gasteiger partial charge in [-0.15, -0.1) is 0 Å². The Kier molecular flexibility index (Phi) is 6.73. The predicted molar refractivity (Wildman–Crippen MR) is 116 cm³/mol. The molecule has 2 atom stereocenters. The van der Waals surface area contributed by atoms with Crippen LogP contribution in [0.1, 0.15) is 53.5 Å². The van der Waals surface area contributed by atoms with E-state index in [0.29, 0.717) is 23.0 Å². The fraction of sp³-hybridized carbons (Fsp3) is 0.391. The van der Waals surface area contributed by atoms with E-state index in [1.165, 1.54) is 31.2 Å². The smallest absolute Gasteiger partial charge is 0.253 e. The number of amides is 1. The first-order valence-electron chi connectivity index (χ1n) is 10.1. The Hall–Kier alpha value is -2.51. The van der Waals surface area contributed by atoms with Crippen molar-refractivity contribution in [2.24, 2.45) is 11.8 Å². The van der Waals surface area contributed by atoms with Crippen LogP contribution in [0.4, 0.5) is 0 Å². The number of nitrogens with zero attached hydrogens (tertiary/aromatic N) is 1. The van der Waals surface area contributed by atoms with E-state index in [4.69, 9.17) is 0 Å². The molecule has 6 nitrogen and oxygen atoms in total. The van der Waals surface area contributed by atoms with E-state index < -0.39 is 10.0 Å². The highest BCUT2D eigenvalue weighted by molar-refractivity contribution is 7.89. The highest BCUT2D eigenvalue weighted by Gasteiger charge is 2.26. The second-order valence-electron chi connectivity index (χ2n) is 8.26. The lowest BCUT2D eigenvalue weighted by atomic mass is 9.91. The van der Waals surface area contributed by atoms with Crippen molar-refractivity contribution in [2.45, 2.75) is 38.6 Å². The molecule has 0 bridgehead atoms. The number of piperidine rings is 1. The van der Waals surface area contributed by atoms with Crippen LogP contribution in [0, 0.1) is 11.8 Å². The molecule has 0 aliphatic carbocycles. The van der Waals surface area contributed by atoms with Crippen molar-refractivity contribution in [1.29, 1.82) is 0 Å². The number of carbonyl (C=O) groups is 2. The second kappa shape index (κ2) is 9.10. The lowest BCUT2D eigenvalue weighted by molar-refractivity contribution is 0.0623. The van der Waals surface area contributed by atoms with Gasteiger partial charge in [0.1, 0.15) is 0 Å². The van der Waals surface area contributed by atoms with Crippen molar-refractivity contribution < 1.29 is 18.0 Å². The monoisotopic (exact) mass is 428 g/mol. The van der Waals surface area contributed by atoms with Crippen molar-refractivity contribution in [3.63, 3.8) is 0 Å². The minimum Gasteiger partial charge on any atom is -0.338 e. The van der Waals surface area contributed by atoms with Crippen LogP contribution in [0.25, 0.3) is 0 Å². The van der Waals surface area contributed by atoms with Crippen LogP contribution in [0.5, 0.6) is 0 Å². The van der Waals surface area contributed by atoms with E-state index in [1.54, 1.807) is 24.3 Å². The Morgan fingerprint density at radius 3 is 2.00 bits per heavy atom. The lowest BCUT2D eigenvalue weighted by Gasteiger charge is -2.35. The summed E-state index contributed by atoms with van der Waals surface area (Å²) in [5, 5.41) is 0. The Bertz CT molecular complexity index is 1000. The molecular weight excluding hydrogens is 400 g/mol. The molecule has 2 unspecified atom stereocenters. The number of sulfonamides is 1. The number of hydrogen-bond donors (Lipinski definition) is 1. The molecule has 0 spiro atoms. The van der Waals surface area contributed by atoms with E-state index in [-0.39, 0.29) is 23.1 Å². The molecule has 0 radical (unpaired) electrons. The molecule has 1 saturated heterocycles. The summed E-state index contributed by atoms with van der Waals surface area (Å²) in [7, 11) is -3.69. The molecule has 1 aliphatic heterocycles. The molecule has 2 aromatic carbocycles. The van der Waals surface area contributed by atoms with Gasteiger partial charge in [-0.1, -0.05) is 38.1 Å². The number of Topliss-reactive ketones (excluding diaryl/α,β-unsaturated/α-hetero) is 1. The normalized spacial score (nSPS) is 19.5. The van der Waals surface area contributed by atoms with Crippen molar-refractivity contribution in [3.8, 4) is 0 Å². The largest absolute Gasteiger partial charge is 0.338 e. The Labute approximate surface area is 178 Å². The summed E-state index contributed by atoms with van der Waals surface area (Å²) in [4.78, 5) is 26.1. The van der Waals surface area contributed by atoms with Crippen LogP contribution in [0.3, 0.4) is 0 Å². The standard InChI is InChI=1S/C23H28N2O4S/c1-16-12-17(2)15-25(14-16)23(27)21-6-4-19(5-7-21)13-24-30(28,29)22-10-8-20(9-11-22)18(3)26/h4-11,16-17,24H,12-15H2,1-3H3. The Morgan fingerprint density at radius 1 is 0.933 bits per heavy atom. The average molecular weight is 429 g/mol. The third kappa shape index (κ3) is 5.34. The van der Waals surface area contributed by atoms with Crippen LogP contribution in [0.2, 0.25) is 0 Å². The molecule has 1 N–H and O–H groups in total. The van der Waals surface area contributed by atoms with E-state index in [0.717, 1.165) is 25.1 Å². The molecule has 1 heterocycles. The van der Waals surface area contributed by atoms with Crippen LogP contribution < -0.4 is 4.72 Å². The molecule has 1 fully saturated rings. The van der Waals surface area contributed by atoms with Gasteiger partial charge in [0, 0.05) is 30.8 Å². The number of ketones is 1. The topological polar surface area (TPSA) is 83.5 Å². The summed E-state index contributed by atoms with van der Waals surface area (Å²) in [6, 6.07) is 12.9. The summed E-state index contributed by atoms with van der Waals surface area (Å²) in [5.74, 6) is 0.896. The summed E-state index contributed by atoms with van der Waals surface area (Å²) in [6.07, 6.45) is 1.14. The molecule has 1 amide bonds. The SMILES string of the molecule is CC(=O)c1ccc(S(=O)(=O)NCc2ccc(C(=O)N3CC(C)CC(C)C3)cc2)cc1. The molecule has 2 aromatic rings. The van der Waals surface area contributed by atoms with Crippen molar-refractivity contribution >= 4 is 21.7 Å². The fourth-order valence-electron chi connectivity index (χ4n) is 3.91. The van der Waals surface area contributed by atoms with E-state index in [9.17, 15) is 18.0 Å². The molecule has 3 rings (SSSR count). The molecule has 7 heteroatoms. The zero-order valence-corrected chi connectivity index (χ0v) is 18.4. The highest BCUT2D eigenvalue weighted by atomic mass is 32.2. The molecular formula is C23H28N2O4S. The van der Waals surface area contributed by atoms with Crippen LogP contribution in [-0.2, 0) is 16.6 Å². The number of carbonyl (C=O) groups excluding carboxylic acids is 2. The molecule has 0 saturated carbocycles. The third-order valence-electron chi connectivity index (χ3n) is 5.39. The van der Waals surface area contributed by atoms with Gasteiger partial charge >= 0.3 is 0 Å². The first kappa shape index (κ1) is 22.2. The van der Waals surface area contributed by atoms with E-state index >= 15 is 0 Å². The first-order chi connectivity index (χ1) is 14.2.